The van der Waals surface area contributed by atoms with Gasteiger partial charge in [0.05, 0.1) is 5.92 Å². The van der Waals surface area contributed by atoms with E-state index in [1.54, 1.807) is 0 Å². The molecule has 0 amide bonds. The van der Waals surface area contributed by atoms with Crippen molar-refractivity contribution in [1.82, 2.24) is 0 Å². The third-order valence-corrected chi connectivity index (χ3v) is 2.46. The highest BCUT2D eigenvalue weighted by atomic mass is 16.1. The Morgan fingerprint density at radius 3 is 2.19 bits per heavy atom. The molecule has 0 radical (unpaired) electrons. The fourth-order valence-electron chi connectivity index (χ4n) is 1.52. The summed E-state index contributed by atoms with van der Waals surface area (Å²) in [5, 5.41) is 0. The molecular formula is C14H16O2. The minimum Gasteiger partial charge on any atom is -0.299 e. The van der Waals surface area contributed by atoms with E-state index < -0.39 is 5.92 Å². The quantitative estimate of drug-likeness (QED) is 0.709. The molecule has 1 rings (SSSR count). The summed E-state index contributed by atoms with van der Waals surface area (Å²) in [5.41, 5.74) is 1.08. The van der Waals surface area contributed by atoms with E-state index in [0.717, 1.165) is 5.56 Å². The number of hydrogen-bond donors (Lipinski definition) is 0. The van der Waals surface area contributed by atoms with Crippen molar-refractivity contribution in [3.05, 3.63) is 42.0 Å². The summed E-state index contributed by atoms with van der Waals surface area (Å²) in [7, 11) is 0. The van der Waals surface area contributed by atoms with Crippen LogP contribution in [0.25, 0.3) is 6.08 Å². The molecule has 0 aliphatic carbocycles. The number of carbonyl (C=O) groups is 2. The largest absolute Gasteiger partial charge is 0.299 e. The van der Waals surface area contributed by atoms with Crippen LogP contribution in [0.3, 0.4) is 0 Å². The molecule has 1 aromatic carbocycles. The molecule has 0 aliphatic rings. The lowest BCUT2D eigenvalue weighted by molar-refractivity contribution is -0.130. The molecule has 0 spiro atoms. The SMILES string of the molecule is CC(=O)C(C/C=C\c1ccccc1)C(C)=O. The number of carbonyl (C=O) groups excluding carboxylic acids is 2. The van der Waals surface area contributed by atoms with Crippen molar-refractivity contribution in [2.45, 2.75) is 20.3 Å². The zero-order valence-corrected chi connectivity index (χ0v) is 9.64. The van der Waals surface area contributed by atoms with Crippen LogP contribution in [-0.4, -0.2) is 11.6 Å². The topological polar surface area (TPSA) is 34.1 Å². The van der Waals surface area contributed by atoms with E-state index in [0.29, 0.717) is 6.42 Å². The molecule has 84 valence electrons. The summed E-state index contributed by atoms with van der Waals surface area (Å²) in [5.74, 6) is -0.615. The summed E-state index contributed by atoms with van der Waals surface area (Å²) in [6.45, 7) is 2.92. The van der Waals surface area contributed by atoms with Crippen molar-refractivity contribution >= 4 is 17.6 Å². The molecule has 0 saturated heterocycles. The second-order valence-corrected chi connectivity index (χ2v) is 3.82. The zero-order chi connectivity index (χ0) is 12.0. The van der Waals surface area contributed by atoms with Crippen LogP contribution < -0.4 is 0 Å². The highest BCUT2D eigenvalue weighted by Gasteiger charge is 2.16. The number of benzene rings is 1. The van der Waals surface area contributed by atoms with Crippen LogP contribution >= 0.6 is 0 Å². The molecule has 1 aromatic rings. The first-order valence-electron chi connectivity index (χ1n) is 5.33. The predicted molar refractivity (Wildman–Crippen MR) is 64.9 cm³/mol. The van der Waals surface area contributed by atoms with Crippen molar-refractivity contribution in [2.75, 3.05) is 0 Å². The number of allylic oxidation sites excluding steroid dienone is 1. The molecule has 0 bridgehead atoms. The van der Waals surface area contributed by atoms with Gasteiger partial charge in [0.2, 0.25) is 0 Å². The number of rotatable bonds is 5. The first kappa shape index (κ1) is 12.4. The van der Waals surface area contributed by atoms with E-state index in [-0.39, 0.29) is 11.6 Å². The van der Waals surface area contributed by atoms with Gasteiger partial charge in [-0.05, 0) is 25.8 Å². The molecule has 0 aromatic heterocycles. The summed E-state index contributed by atoms with van der Waals surface area (Å²) >= 11 is 0. The van der Waals surface area contributed by atoms with Crippen LogP contribution in [0.2, 0.25) is 0 Å². The summed E-state index contributed by atoms with van der Waals surface area (Å²) in [6, 6.07) is 9.81. The van der Waals surface area contributed by atoms with Crippen molar-refractivity contribution < 1.29 is 9.59 Å². The van der Waals surface area contributed by atoms with Crippen molar-refractivity contribution in [3.63, 3.8) is 0 Å². The van der Waals surface area contributed by atoms with Crippen molar-refractivity contribution in [1.29, 1.82) is 0 Å². The van der Waals surface area contributed by atoms with E-state index >= 15 is 0 Å². The standard InChI is InChI=1S/C14H16O2/c1-11(15)14(12(2)16)10-6-9-13-7-4-3-5-8-13/h3-9,14H,10H2,1-2H3/b9-6-. The van der Waals surface area contributed by atoms with Crippen LogP contribution in [-0.2, 0) is 9.59 Å². The van der Waals surface area contributed by atoms with Crippen LogP contribution in [0.5, 0.6) is 0 Å². The smallest absolute Gasteiger partial charge is 0.140 e. The third kappa shape index (κ3) is 3.81. The van der Waals surface area contributed by atoms with E-state index in [2.05, 4.69) is 0 Å². The lowest BCUT2D eigenvalue weighted by Crippen LogP contribution is -2.18. The minimum atomic E-state index is -0.486. The van der Waals surface area contributed by atoms with Gasteiger partial charge in [0, 0.05) is 0 Å². The van der Waals surface area contributed by atoms with Gasteiger partial charge in [0.25, 0.3) is 0 Å². The number of hydrogen-bond acceptors (Lipinski definition) is 2. The second kappa shape index (κ2) is 6.01. The highest BCUT2D eigenvalue weighted by molar-refractivity contribution is 6.00. The van der Waals surface area contributed by atoms with Crippen LogP contribution in [0.4, 0.5) is 0 Å². The van der Waals surface area contributed by atoms with Crippen LogP contribution in [0, 0.1) is 5.92 Å². The van der Waals surface area contributed by atoms with Gasteiger partial charge in [-0.1, -0.05) is 42.5 Å². The monoisotopic (exact) mass is 216 g/mol. The molecule has 0 atom stereocenters. The molecule has 0 heterocycles. The fourth-order valence-corrected chi connectivity index (χ4v) is 1.52. The van der Waals surface area contributed by atoms with Gasteiger partial charge in [-0.2, -0.15) is 0 Å². The van der Waals surface area contributed by atoms with Crippen LogP contribution in [0.1, 0.15) is 25.8 Å². The van der Waals surface area contributed by atoms with Gasteiger partial charge in [-0.15, -0.1) is 0 Å². The maximum absolute atomic E-state index is 11.2. The molecular weight excluding hydrogens is 200 g/mol. The average molecular weight is 216 g/mol. The predicted octanol–water partition coefficient (Wildman–Crippen LogP) is 2.88. The molecule has 0 unspecified atom stereocenters. The molecule has 16 heavy (non-hydrogen) atoms. The number of ketones is 2. The van der Waals surface area contributed by atoms with Gasteiger partial charge >= 0.3 is 0 Å². The number of Topliss-reactive ketones (excluding diaryl/α,β-unsaturated/α-hetero) is 2. The highest BCUT2D eigenvalue weighted by Crippen LogP contribution is 2.09. The first-order chi connectivity index (χ1) is 7.61. The lowest BCUT2D eigenvalue weighted by atomic mass is 9.96. The first-order valence-corrected chi connectivity index (χ1v) is 5.33. The minimum absolute atomic E-state index is 0.0646. The molecule has 2 heteroatoms. The summed E-state index contributed by atoms with van der Waals surface area (Å²) < 4.78 is 0. The molecule has 0 aliphatic heterocycles. The van der Waals surface area contributed by atoms with Gasteiger partial charge in [0.15, 0.2) is 0 Å². The van der Waals surface area contributed by atoms with Gasteiger partial charge < -0.3 is 0 Å². The van der Waals surface area contributed by atoms with Crippen molar-refractivity contribution in [3.8, 4) is 0 Å². The Labute approximate surface area is 96.0 Å². The Morgan fingerprint density at radius 1 is 1.12 bits per heavy atom. The fraction of sp³-hybridized carbons (Fsp3) is 0.286. The Kier molecular flexibility index (Phi) is 4.65. The lowest BCUT2D eigenvalue weighted by Gasteiger charge is -2.05. The molecule has 0 saturated carbocycles. The summed E-state index contributed by atoms with van der Waals surface area (Å²) in [4.78, 5) is 22.3. The molecule has 0 fully saturated rings. The van der Waals surface area contributed by atoms with E-state index in [1.165, 1.54) is 13.8 Å². The normalized spacial score (nSPS) is 10.9. The Morgan fingerprint density at radius 2 is 1.69 bits per heavy atom. The van der Waals surface area contributed by atoms with E-state index in [9.17, 15) is 9.59 Å². The molecule has 2 nitrogen and oxygen atoms in total. The van der Waals surface area contributed by atoms with Gasteiger partial charge in [-0.3, -0.25) is 9.59 Å². The molecule has 0 N–H and O–H groups in total. The average Bonchev–Trinajstić information content (AvgIpc) is 2.24. The maximum Gasteiger partial charge on any atom is 0.140 e. The van der Waals surface area contributed by atoms with E-state index in [1.807, 2.05) is 42.5 Å². The van der Waals surface area contributed by atoms with Gasteiger partial charge in [-0.25, -0.2) is 0 Å². The summed E-state index contributed by atoms with van der Waals surface area (Å²) in [6.07, 6.45) is 4.29. The Hall–Kier alpha value is -1.70. The van der Waals surface area contributed by atoms with Crippen LogP contribution in [0.15, 0.2) is 36.4 Å². The van der Waals surface area contributed by atoms with Gasteiger partial charge in [0.1, 0.15) is 11.6 Å². The maximum atomic E-state index is 11.2. The Bertz CT molecular complexity index is 376. The third-order valence-electron chi connectivity index (χ3n) is 2.46. The Balaban J connectivity index is 2.59. The zero-order valence-electron chi connectivity index (χ0n) is 9.64. The second-order valence-electron chi connectivity index (χ2n) is 3.82. The van der Waals surface area contributed by atoms with Crippen molar-refractivity contribution in [2.24, 2.45) is 5.92 Å². The van der Waals surface area contributed by atoms with E-state index in [4.69, 9.17) is 0 Å².